The molecule has 90 valence electrons. The van der Waals surface area contributed by atoms with Crippen LogP contribution in [0.2, 0.25) is 0 Å². The highest BCUT2D eigenvalue weighted by Crippen LogP contribution is 2.17. The summed E-state index contributed by atoms with van der Waals surface area (Å²) < 4.78 is 0. The third-order valence-corrected chi connectivity index (χ3v) is 2.42. The van der Waals surface area contributed by atoms with Crippen LogP contribution in [0, 0.1) is 0 Å². The monoisotopic (exact) mass is 237 g/mol. The van der Waals surface area contributed by atoms with E-state index in [9.17, 15) is 0 Å². The highest BCUT2D eigenvalue weighted by atomic mass is 14.8. The third-order valence-electron chi connectivity index (χ3n) is 2.42. The quantitative estimate of drug-likeness (QED) is 0.647. The minimum Gasteiger partial charge on any atom is -0.264 e. The van der Waals surface area contributed by atoms with Gasteiger partial charge in [-0.2, -0.15) is 0 Å². The smallest absolute Gasteiger partial charge is 0.0893 e. The second-order valence-corrected chi connectivity index (χ2v) is 3.48. The van der Waals surface area contributed by atoms with Gasteiger partial charge in [-0.05, 0) is 30.3 Å². The van der Waals surface area contributed by atoms with Gasteiger partial charge in [-0.1, -0.05) is 19.9 Å². The average molecular weight is 237 g/mol. The molecule has 0 atom stereocenters. The molecule has 18 heavy (non-hydrogen) atoms. The third kappa shape index (κ3) is 2.51. The Morgan fingerprint density at radius 2 is 1.72 bits per heavy atom. The molecular formula is C15H15N3. The lowest BCUT2D eigenvalue weighted by Crippen LogP contribution is -1.87. The zero-order valence-corrected chi connectivity index (χ0v) is 10.5. The van der Waals surface area contributed by atoms with E-state index in [0.29, 0.717) is 0 Å². The molecule has 0 N–H and O–H groups in total. The number of hydrogen-bond donors (Lipinski definition) is 0. The zero-order valence-electron chi connectivity index (χ0n) is 10.5. The highest BCUT2D eigenvalue weighted by Gasteiger charge is 2.01. The van der Waals surface area contributed by atoms with Crippen LogP contribution in [0.3, 0.4) is 0 Å². The molecule has 3 heteroatoms. The Balaban J connectivity index is 0.000000574. The molecule has 0 amide bonds. The van der Waals surface area contributed by atoms with Crippen molar-refractivity contribution in [1.29, 1.82) is 0 Å². The summed E-state index contributed by atoms with van der Waals surface area (Å²) in [4.78, 5) is 12.9. The molecule has 0 saturated heterocycles. The maximum Gasteiger partial charge on any atom is 0.0893 e. The number of fused-ring (bicyclic) bond motifs is 1. The van der Waals surface area contributed by atoms with Crippen molar-refractivity contribution in [1.82, 2.24) is 15.0 Å². The van der Waals surface area contributed by atoms with Gasteiger partial charge in [0.05, 0.1) is 16.9 Å². The fraction of sp³-hybridized carbons (Fsp3) is 0.133. The van der Waals surface area contributed by atoms with Crippen LogP contribution in [0.5, 0.6) is 0 Å². The molecule has 0 aromatic carbocycles. The molecule has 3 nitrogen and oxygen atoms in total. The Bertz CT molecular complexity index is 621. The Hall–Kier alpha value is -2.29. The van der Waals surface area contributed by atoms with Gasteiger partial charge in [0, 0.05) is 24.0 Å². The number of hydrogen-bond acceptors (Lipinski definition) is 3. The lowest BCUT2D eigenvalue weighted by molar-refractivity contribution is 1.27. The zero-order chi connectivity index (χ0) is 12.8. The molecule has 0 fully saturated rings. The van der Waals surface area contributed by atoms with Crippen molar-refractivity contribution < 1.29 is 0 Å². The van der Waals surface area contributed by atoms with Crippen molar-refractivity contribution in [2.45, 2.75) is 13.8 Å². The molecular weight excluding hydrogens is 222 g/mol. The van der Waals surface area contributed by atoms with Crippen LogP contribution in [0.1, 0.15) is 13.8 Å². The number of pyridine rings is 3. The standard InChI is InChI=1S/C13H9N3.C2H6/c1-2-7-15-12(3-1)13-5-4-10-9-14-8-6-11(10)16-13;1-2/h1-9H;1-2H3. The first kappa shape index (κ1) is 12.2. The molecule has 0 aliphatic rings. The van der Waals surface area contributed by atoms with Gasteiger partial charge in [-0.3, -0.25) is 9.97 Å². The fourth-order valence-electron chi connectivity index (χ4n) is 1.62. The van der Waals surface area contributed by atoms with Crippen molar-refractivity contribution in [3.63, 3.8) is 0 Å². The molecule has 0 spiro atoms. The molecule has 0 saturated carbocycles. The average Bonchev–Trinajstić information content (AvgIpc) is 2.50. The summed E-state index contributed by atoms with van der Waals surface area (Å²) in [5.74, 6) is 0. The first-order chi connectivity index (χ1) is 8.93. The second-order valence-electron chi connectivity index (χ2n) is 3.48. The van der Waals surface area contributed by atoms with Crippen molar-refractivity contribution in [2.75, 3.05) is 0 Å². The van der Waals surface area contributed by atoms with E-state index in [2.05, 4.69) is 15.0 Å². The van der Waals surface area contributed by atoms with E-state index in [1.54, 1.807) is 12.4 Å². The van der Waals surface area contributed by atoms with Crippen LogP contribution in [0.25, 0.3) is 22.3 Å². The van der Waals surface area contributed by atoms with E-state index in [1.807, 2.05) is 56.4 Å². The minimum absolute atomic E-state index is 0.888. The van der Waals surface area contributed by atoms with Crippen molar-refractivity contribution >= 4 is 10.9 Å². The molecule has 0 bridgehead atoms. The van der Waals surface area contributed by atoms with Gasteiger partial charge in [0.15, 0.2) is 0 Å². The van der Waals surface area contributed by atoms with Gasteiger partial charge < -0.3 is 0 Å². The Labute approximate surface area is 107 Å². The summed E-state index contributed by atoms with van der Waals surface area (Å²) in [6, 6.07) is 11.7. The summed E-state index contributed by atoms with van der Waals surface area (Å²) in [6.07, 6.45) is 5.33. The van der Waals surface area contributed by atoms with Gasteiger partial charge >= 0.3 is 0 Å². The van der Waals surface area contributed by atoms with Crippen LogP contribution < -0.4 is 0 Å². The Kier molecular flexibility index (Phi) is 3.97. The molecule has 3 rings (SSSR count). The maximum atomic E-state index is 4.54. The fourth-order valence-corrected chi connectivity index (χ4v) is 1.62. The lowest BCUT2D eigenvalue weighted by Gasteiger charge is -2.01. The molecule has 3 aromatic rings. The van der Waals surface area contributed by atoms with E-state index in [0.717, 1.165) is 22.3 Å². The van der Waals surface area contributed by atoms with E-state index >= 15 is 0 Å². The van der Waals surface area contributed by atoms with Crippen molar-refractivity contribution in [3.05, 3.63) is 55.0 Å². The normalized spacial score (nSPS) is 9.67. The van der Waals surface area contributed by atoms with Crippen molar-refractivity contribution in [3.8, 4) is 11.4 Å². The molecule has 0 radical (unpaired) electrons. The van der Waals surface area contributed by atoms with Gasteiger partial charge in [0.2, 0.25) is 0 Å². The SMILES string of the molecule is CC.c1ccc(-c2ccc3cnccc3n2)nc1. The summed E-state index contributed by atoms with van der Waals surface area (Å²) >= 11 is 0. The van der Waals surface area contributed by atoms with Crippen molar-refractivity contribution in [2.24, 2.45) is 0 Å². The summed E-state index contributed by atoms with van der Waals surface area (Å²) in [5, 5.41) is 1.04. The topological polar surface area (TPSA) is 38.7 Å². The van der Waals surface area contributed by atoms with Crippen LogP contribution in [-0.2, 0) is 0 Å². The first-order valence-corrected chi connectivity index (χ1v) is 6.06. The van der Waals surface area contributed by atoms with Gasteiger partial charge in [0.1, 0.15) is 0 Å². The Morgan fingerprint density at radius 1 is 0.833 bits per heavy atom. The summed E-state index contributed by atoms with van der Waals surface area (Å²) in [5.41, 5.74) is 2.72. The predicted molar refractivity (Wildman–Crippen MR) is 74.1 cm³/mol. The molecule has 3 aromatic heterocycles. The van der Waals surface area contributed by atoms with Gasteiger partial charge in [-0.25, -0.2) is 4.98 Å². The highest BCUT2D eigenvalue weighted by molar-refractivity contribution is 5.79. The molecule has 0 unspecified atom stereocenters. The van der Waals surface area contributed by atoms with E-state index < -0.39 is 0 Å². The van der Waals surface area contributed by atoms with Crippen LogP contribution in [-0.4, -0.2) is 15.0 Å². The van der Waals surface area contributed by atoms with Crippen LogP contribution in [0.15, 0.2) is 55.0 Å². The van der Waals surface area contributed by atoms with Gasteiger partial charge in [-0.15, -0.1) is 0 Å². The van der Waals surface area contributed by atoms with E-state index in [-0.39, 0.29) is 0 Å². The van der Waals surface area contributed by atoms with Crippen LogP contribution >= 0.6 is 0 Å². The minimum atomic E-state index is 0.888. The summed E-state index contributed by atoms with van der Waals surface area (Å²) in [6.45, 7) is 4.00. The van der Waals surface area contributed by atoms with Gasteiger partial charge in [0.25, 0.3) is 0 Å². The Morgan fingerprint density at radius 3 is 2.50 bits per heavy atom. The number of aromatic nitrogens is 3. The first-order valence-electron chi connectivity index (χ1n) is 6.06. The lowest BCUT2D eigenvalue weighted by atomic mass is 10.2. The second kappa shape index (κ2) is 5.87. The molecule has 0 aliphatic carbocycles. The van der Waals surface area contributed by atoms with E-state index in [1.165, 1.54) is 0 Å². The summed E-state index contributed by atoms with van der Waals surface area (Å²) in [7, 11) is 0. The predicted octanol–water partition coefficient (Wildman–Crippen LogP) is 3.72. The molecule has 0 aliphatic heterocycles. The number of nitrogens with zero attached hydrogens (tertiary/aromatic N) is 3. The molecule has 3 heterocycles. The van der Waals surface area contributed by atoms with Crippen LogP contribution in [0.4, 0.5) is 0 Å². The van der Waals surface area contributed by atoms with E-state index in [4.69, 9.17) is 0 Å². The number of rotatable bonds is 1. The largest absolute Gasteiger partial charge is 0.264 e. The maximum absolute atomic E-state index is 4.54.